The smallest absolute Gasteiger partial charge is 0.281 e. The van der Waals surface area contributed by atoms with E-state index < -0.39 is 0 Å². The van der Waals surface area contributed by atoms with Crippen LogP contribution in [0.1, 0.15) is 0 Å². The van der Waals surface area contributed by atoms with Crippen molar-refractivity contribution in [2.45, 2.75) is 0 Å². The van der Waals surface area contributed by atoms with Crippen molar-refractivity contribution in [2.75, 3.05) is 19.8 Å². The molecule has 0 aromatic heterocycles. The van der Waals surface area contributed by atoms with Crippen LogP contribution in [-0.4, -0.2) is 30.0 Å². The molecule has 2 nitrogen and oxygen atoms in total. The van der Waals surface area contributed by atoms with Gasteiger partial charge in [0, 0.05) is 13.6 Å². The highest BCUT2D eigenvalue weighted by molar-refractivity contribution is 8.12. The molecule has 1 amide bonds. The van der Waals surface area contributed by atoms with E-state index in [4.69, 9.17) is 0 Å². The van der Waals surface area contributed by atoms with Crippen molar-refractivity contribution in [3.8, 4) is 0 Å². The van der Waals surface area contributed by atoms with Gasteiger partial charge in [0.15, 0.2) is 0 Å². The van der Waals surface area contributed by atoms with Gasteiger partial charge in [0.05, 0.1) is 0 Å². The summed E-state index contributed by atoms with van der Waals surface area (Å²) >= 11 is 1.21. The maximum Gasteiger partial charge on any atom is 0.281 e. The molecule has 0 heterocycles. The molecule has 0 aliphatic rings. The lowest BCUT2D eigenvalue weighted by molar-refractivity contribution is 0.237. The first kappa shape index (κ1) is 8.56. The molecule has 0 radical (unpaired) electrons. The van der Waals surface area contributed by atoms with Gasteiger partial charge in [-0.15, -0.1) is 6.58 Å². The number of hydrogen-bond acceptors (Lipinski definition) is 2. The minimum absolute atomic E-state index is 0.0786. The van der Waals surface area contributed by atoms with Crippen molar-refractivity contribution in [3.05, 3.63) is 12.7 Å². The third kappa shape index (κ3) is 3.19. The minimum atomic E-state index is 0.0786. The average molecular weight is 145 g/mol. The third-order valence-corrected chi connectivity index (χ3v) is 1.55. The van der Waals surface area contributed by atoms with Crippen LogP contribution in [0.2, 0.25) is 0 Å². The molecule has 0 saturated carbocycles. The van der Waals surface area contributed by atoms with Crippen LogP contribution in [0.4, 0.5) is 4.79 Å². The first-order chi connectivity index (χ1) is 4.22. The van der Waals surface area contributed by atoms with Gasteiger partial charge < -0.3 is 4.90 Å². The number of amides is 1. The molecule has 0 aliphatic carbocycles. The predicted octanol–water partition coefficient (Wildman–Crippen LogP) is 1.59. The Morgan fingerprint density at radius 2 is 2.44 bits per heavy atom. The monoisotopic (exact) mass is 145 g/mol. The van der Waals surface area contributed by atoms with Crippen LogP contribution in [0.15, 0.2) is 12.7 Å². The predicted molar refractivity (Wildman–Crippen MR) is 41.7 cm³/mol. The van der Waals surface area contributed by atoms with Gasteiger partial charge in [-0.2, -0.15) is 0 Å². The van der Waals surface area contributed by atoms with Gasteiger partial charge in [-0.1, -0.05) is 17.8 Å². The van der Waals surface area contributed by atoms with E-state index in [1.807, 2.05) is 0 Å². The van der Waals surface area contributed by atoms with E-state index in [9.17, 15) is 4.79 Å². The fourth-order valence-corrected chi connectivity index (χ4v) is 0.810. The summed E-state index contributed by atoms with van der Waals surface area (Å²) in [5, 5.41) is 0.0786. The Balaban J connectivity index is 3.58. The fraction of sp³-hybridized carbons (Fsp3) is 0.500. The first-order valence-corrected chi connectivity index (χ1v) is 3.84. The van der Waals surface area contributed by atoms with Gasteiger partial charge in [0.2, 0.25) is 0 Å². The van der Waals surface area contributed by atoms with Crippen LogP contribution in [0.25, 0.3) is 0 Å². The Labute approximate surface area is 59.9 Å². The zero-order valence-corrected chi connectivity index (χ0v) is 6.57. The van der Waals surface area contributed by atoms with Gasteiger partial charge >= 0.3 is 0 Å². The minimum Gasteiger partial charge on any atom is -0.333 e. The fourth-order valence-electron chi connectivity index (χ4n) is 0.424. The molecule has 0 fully saturated rings. The van der Waals surface area contributed by atoms with Crippen LogP contribution < -0.4 is 0 Å². The molecule has 9 heavy (non-hydrogen) atoms. The zero-order chi connectivity index (χ0) is 7.28. The lowest BCUT2D eigenvalue weighted by Gasteiger charge is -2.11. The number of nitrogens with zero attached hydrogens (tertiary/aromatic N) is 1. The SMILES string of the molecule is C=CCN(C)C(=O)SC. The molecule has 0 spiro atoms. The molecular weight excluding hydrogens is 134 g/mol. The number of carbonyl (C=O) groups is 1. The molecule has 0 saturated heterocycles. The summed E-state index contributed by atoms with van der Waals surface area (Å²) in [4.78, 5) is 12.4. The van der Waals surface area contributed by atoms with Crippen molar-refractivity contribution in [3.63, 3.8) is 0 Å². The lowest BCUT2D eigenvalue weighted by atomic mass is 10.6. The summed E-state index contributed by atoms with van der Waals surface area (Å²) in [5.74, 6) is 0. The molecule has 0 rings (SSSR count). The van der Waals surface area contributed by atoms with Crippen LogP contribution in [0.3, 0.4) is 0 Å². The maximum absolute atomic E-state index is 10.7. The van der Waals surface area contributed by atoms with E-state index in [-0.39, 0.29) is 5.24 Å². The quantitative estimate of drug-likeness (QED) is 0.550. The topological polar surface area (TPSA) is 20.3 Å². The Hall–Kier alpha value is -0.440. The summed E-state index contributed by atoms with van der Waals surface area (Å²) in [5.41, 5.74) is 0. The van der Waals surface area contributed by atoms with Gasteiger partial charge in [-0.05, 0) is 6.26 Å². The molecular formula is C6H11NOS. The van der Waals surface area contributed by atoms with Crippen LogP contribution in [0.5, 0.6) is 0 Å². The number of carbonyl (C=O) groups excluding carboxylic acids is 1. The van der Waals surface area contributed by atoms with Gasteiger partial charge in [0.25, 0.3) is 5.24 Å². The Morgan fingerprint density at radius 1 is 1.89 bits per heavy atom. The summed E-state index contributed by atoms with van der Waals surface area (Å²) in [7, 11) is 1.75. The second-order valence-corrected chi connectivity index (χ2v) is 2.40. The Morgan fingerprint density at radius 3 is 2.78 bits per heavy atom. The van der Waals surface area contributed by atoms with E-state index >= 15 is 0 Å². The van der Waals surface area contributed by atoms with Crippen molar-refractivity contribution >= 4 is 17.0 Å². The zero-order valence-electron chi connectivity index (χ0n) is 5.76. The summed E-state index contributed by atoms with van der Waals surface area (Å²) in [6, 6.07) is 0. The second-order valence-electron chi connectivity index (χ2n) is 1.64. The van der Waals surface area contributed by atoms with E-state index in [2.05, 4.69) is 6.58 Å². The maximum atomic E-state index is 10.7. The summed E-state index contributed by atoms with van der Waals surface area (Å²) in [6.45, 7) is 4.14. The van der Waals surface area contributed by atoms with Crippen LogP contribution in [0, 0.1) is 0 Å². The molecule has 0 aromatic rings. The number of hydrogen-bond donors (Lipinski definition) is 0. The third-order valence-electron chi connectivity index (χ3n) is 0.889. The Bertz CT molecular complexity index is 114. The van der Waals surface area contributed by atoms with E-state index in [1.54, 1.807) is 24.3 Å². The van der Waals surface area contributed by atoms with Gasteiger partial charge in [0.1, 0.15) is 0 Å². The highest BCUT2D eigenvalue weighted by Gasteiger charge is 2.01. The number of thioether (sulfide) groups is 1. The summed E-state index contributed by atoms with van der Waals surface area (Å²) < 4.78 is 0. The van der Waals surface area contributed by atoms with Gasteiger partial charge in [-0.25, -0.2) is 0 Å². The molecule has 0 unspecified atom stereocenters. The molecule has 0 bridgehead atoms. The highest BCUT2D eigenvalue weighted by atomic mass is 32.2. The van der Waals surface area contributed by atoms with Gasteiger partial charge in [-0.3, -0.25) is 4.79 Å². The molecule has 0 aromatic carbocycles. The summed E-state index contributed by atoms with van der Waals surface area (Å²) in [6.07, 6.45) is 3.47. The molecule has 52 valence electrons. The molecule has 0 aliphatic heterocycles. The highest BCUT2D eigenvalue weighted by Crippen LogP contribution is 2.00. The Kier molecular flexibility index (Phi) is 4.22. The van der Waals surface area contributed by atoms with Crippen molar-refractivity contribution in [2.24, 2.45) is 0 Å². The molecule has 0 atom stereocenters. The lowest BCUT2D eigenvalue weighted by Crippen LogP contribution is -2.21. The molecule has 3 heteroatoms. The van der Waals surface area contributed by atoms with Crippen LogP contribution in [-0.2, 0) is 0 Å². The standard InChI is InChI=1S/C6H11NOS/c1-4-5-7(2)6(8)9-3/h4H,1,5H2,2-3H3. The average Bonchev–Trinajstić information content (AvgIpc) is 1.87. The van der Waals surface area contributed by atoms with Crippen molar-refractivity contribution < 1.29 is 4.79 Å². The van der Waals surface area contributed by atoms with E-state index in [0.29, 0.717) is 6.54 Å². The van der Waals surface area contributed by atoms with Crippen molar-refractivity contribution in [1.29, 1.82) is 0 Å². The number of rotatable bonds is 2. The first-order valence-electron chi connectivity index (χ1n) is 2.62. The van der Waals surface area contributed by atoms with E-state index in [1.165, 1.54) is 11.8 Å². The van der Waals surface area contributed by atoms with Crippen molar-refractivity contribution in [1.82, 2.24) is 4.90 Å². The molecule has 0 N–H and O–H groups in total. The van der Waals surface area contributed by atoms with E-state index in [0.717, 1.165) is 0 Å². The second kappa shape index (κ2) is 4.44. The normalized spacial score (nSPS) is 8.67. The number of likely N-dealkylation sites (N-methyl/N-ethyl adjacent to an activating group) is 1. The largest absolute Gasteiger partial charge is 0.333 e. The van der Waals surface area contributed by atoms with Crippen LogP contribution >= 0.6 is 11.8 Å².